The van der Waals surface area contributed by atoms with Crippen LogP contribution in [0.25, 0.3) is 75.6 Å². The van der Waals surface area contributed by atoms with Crippen LogP contribution in [0.5, 0.6) is 0 Å². The van der Waals surface area contributed by atoms with Crippen LogP contribution in [0.4, 0.5) is 11.9 Å². The Morgan fingerprint density at radius 3 is 1.94 bits per heavy atom. The van der Waals surface area contributed by atoms with Crippen LogP contribution in [0, 0.1) is 0 Å². The van der Waals surface area contributed by atoms with E-state index in [0.717, 1.165) is 39.2 Å². The second-order valence-electron chi connectivity index (χ2n) is 14.5. The van der Waals surface area contributed by atoms with Crippen LogP contribution < -0.4 is 4.90 Å². The molecule has 246 valence electrons. The molecule has 0 N–H and O–H groups in total. The fourth-order valence-electron chi connectivity index (χ4n) is 7.86. The molecule has 3 aromatic heterocycles. The van der Waals surface area contributed by atoms with Gasteiger partial charge in [0.1, 0.15) is 0 Å². The van der Waals surface area contributed by atoms with E-state index in [1.165, 1.54) is 42.4 Å². The van der Waals surface area contributed by atoms with Crippen molar-refractivity contribution >= 4 is 65.3 Å². The summed E-state index contributed by atoms with van der Waals surface area (Å²) in [6.45, 7) is 9.21. The molecule has 0 aliphatic carbocycles. The van der Waals surface area contributed by atoms with Gasteiger partial charge in [0.25, 0.3) is 0 Å². The first-order valence-corrected chi connectivity index (χ1v) is 18.3. The van der Waals surface area contributed by atoms with E-state index in [9.17, 15) is 0 Å². The minimum absolute atomic E-state index is 0.331. The molecule has 0 amide bonds. The van der Waals surface area contributed by atoms with Gasteiger partial charge in [-0.15, -0.1) is 11.3 Å². The monoisotopic (exact) mass is 677 g/mol. The van der Waals surface area contributed by atoms with Crippen molar-refractivity contribution in [2.45, 2.75) is 38.8 Å². The number of rotatable bonds is 4. The summed E-state index contributed by atoms with van der Waals surface area (Å²) in [6.07, 6.45) is 0. The summed E-state index contributed by atoms with van der Waals surface area (Å²) in [5, 5.41) is 3.59. The van der Waals surface area contributed by atoms with Gasteiger partial charge < -0.3 is 4.57 Å². The minimum atomic E-state index is -0.398. The number of para-hydroxylation sites is 1. The molecule has 0 saturated carbocycles. The Bertz CT molecular complexity index is 2810. The largest absolute Gasteiger partial charge is 0.300 e. The molecule has 10 rings (SSSR count). The Hall–Kier alpha value is -5.85. The van der Waals surface area contributed by atoms with E-state index in [0.29, 0.717) is 5.95 Å². The molecule has 0 fully saturated rings. The Labute approximate surface area is 300 Å². The summed E-state index contributed by atoms with van der Waals surface area (Å²) in [4.78, 5) is 18.3. The summed E-state index contributed by atoms with van der Waals surface area (Å²) < 4.78 is 5.00. The molecule has 0 radical (unpaired) electrons. The standard InChI is InChI=1S/C45H35N5S/c1-44(2)45(3,4)50(43-47-37-26-25-34-33-17-9-11-20-38(33)51-41(34)40(37)49(43)44)42-46-36-19-10-8-18-35(36)39(48-42)32-16-12-15-31(27-32)30-23-21-29(22-24-30)28-13-6-5-7-14-28/h5-27H,1-4H3. The van der Waals surface area contributed by atoms with Gasteiger partial charge in [0, 0.05) is 26.4 Å². The fraction of sp³-hybridized carbons (Fsp3) is 0.133. The molecule has 0 saturated heterocycles. The average Bonchev–Trinajstić information content (AvgIpc) is 3.78. The van der Waals surface area contributed by atoms with Crippen molar-refractivity contribution in [3.05, 3.63) is 140 Å². The van der Waals surface area contributed by atoms with Gasteiger partial charge in [0.2, 0.25) is 11.9 Å². The molecule has 0 spiro atoms. The highest BCUT2D eigenvalue weighted by Crippen LogP contribution is 2.53. The van der Waals surface area contributed by atoms with Crippen LogP contribution in [-0.4, -0.2) is 25.1 Å². The van der Waals surface area contributed by atoms with Gasteiger partial charge in [-0.1, -0.05) is 115 Å². The van der Waals surface area contributed by atoms with Crippen LogP contribution in [0.2, 0.25) is 0 Å². The van der Waals surface area contributed by atoms with E-state index in [1.54, 1.807) is 0 Å². The minimum Gasteiger partial charge on any atom is -0.300 e. The molecule has 51 heavy (non-hydrogen) atoms. The second-order valence-corrected chi connectivity index (χ2v) is 15.6. The number of aromatic nitrogens is 4. The zero-order valence-corrected chi connectivity index (χ0v) is 29.7. The fourth-order valence-corrected chi connectivity index (χ4v) is 9.10. The van der Waals surface area contributed by atoms with Gasteiger partial charge in [0.05, 0.1) is 38.0 Å². The third kappa shape index (κ3) is 4.36. The summed E-state index contributed by atoms with van der Waals surface area (Å²) in [6, 6.07) is 49.5. The van der Waals surface area contributed by atoms with Gasteiger partial charge in [-0.05, 0) is 74.2 Å². The third-order valence-corrected chi connectivity index (χ3v) is 12.4. The van der Waals surface area contributed by atoms with Crippen molar-refractivity contribution < 1.29 is 0 Å². The molecular weight excluding hydrogens is 643 g/mol. The lowest BCUT2D eigenvalue weighted by molar-refractivity contribution is 0.252. The number of fused-ring (bicyclic) bond motifs is 8. The van der Waals surface area contributed by atoms with Crippen molar-refractivity contribution in [2.24, 2.45) is 0 Å². The normalized spacial score (nSPS) is 14.9. The lowest BCUT2D eigenvalue weighted by Gasteiger charge is -2.40. The van der Waals surface area contributed by atoms with Gasteiger partial charge in [-0.25, -0.2) is 15.0 Å². The van der Waals surface area contributed by atoms with Crippen molar-refractivity contribution in [3.63, 3.8) is 0 Å². The maximum atomic E-state index is 5.43. The first kappa shape index (κ1) is 30.0. The van der Waals surface area contributed by atoms with E-state index in [1.807, 2.05) is 11.3 Å². The highest BCUT2D eigenvalue weighted by Gasteiger charge is 2.54. The molecule has 4 heterocycles. The quantitative estimate of drug-likeness (QED) is 0.186. The number of nitrogens with zero attached hydrogens (tertiary/aromatic N) is 5. The summed E-state index contributed by atoms with van der Waals surface area (Å²) in [5.41, 5.74) is 9.04. The second kappa shape index (κ2) is 10.8. The maximum absolute atomic E-state index is 5.43. The highest BCUT2D eigenvalue weighted by molar-refractivity contribution is 7.26. The van der Waals surface area contributed by atoms with Crippen LogP contribution in [-0.2, 0) is 5.54 Å². The first-order valence-electron chi connectivity index (χ1n) is 17.5. The van der Waals surface area contributed by atoms with Crippen LogP contribution in [0.3, 0.4) is 0 Å². The first-order chi connectivity index (χ1) is 24.8. The highest BCUT2D eigenvalue weighted by atomic mass is 32.1. The van der Waals surface area contributed by atoms with Gasteiger partial charge in [0.15, 0.2) is 0 Å². The number of imidazole rings is 1. The molecule has 1 aliphatic heterocycles. The van der Waals surface area contributed by atoms with Crippen LogP contribution >= 0.6 is 11.3 Å². The van der Waals surface area contributed by atoms with Crippen molar-refractivity contribution in [1.29, 1.82) is 0 Å². The van der Waals surface area contributed by atoms with Crippen LogP contribution in [0.1, 0.15) is 27.7 Å². The molecule has 6 aromatic carbocycles. The van der Waals surface area contributed by atoms with Gasteiger partial charge >= 0.3 is 0 Å². The van der Waals surface area contributed by atoms with E-state index >= 15 is 0 Å². The zero-order valence-electron chi connectivity index (χ0n) is 28.9. The maximum Gasteiger partial charge on any atom is 0.234 e. The lowest BCUT2D eigenvalue weighted by Crippen LogP contribution is -2.51. The Balaban J connectivity index is 1.14. The van der Waals surface area contributed by atoms with Crippen molar-refractivity contribution in [2.75, 3.05) is 4.90 Å². The zero-order chi connectivity index (χ0) is 34.5. The third-order valence-electron chi connectivity index (χ3n) is 11.2. The molecule has 9 aromatic rings. The topological polar surface area (TPSA) is 46.8 Å². The van der Waals surface area contributed by atoms with Gasteiger partial charge in [-0.3, -0.25) is 4.90 Å². The Morgan fingerprint density at radius 2 is 1.14 bits per heavy atom. The Morgan fingerprint density at radius 1 is 0.490 bits per heavy atom. The van der Waals surface area contributed by atoms with E-state index in [4.69, 9.17) is 15.0 Å². The summed E-state index contributed by atoms with van der Waals surface area (Å²) in [5.74, 6) is 1.53. The lowest BCUT2D eigenvalue weighted by atomic mass is 9.82. The SMILES string of the molecule is CC1(C)N(c2nc(-c3cccc(-c4ccc(-c5ccccc5)cc4)c3)c3ccccc3n2)c2nc3ccc4c5ccccc5sc4c3n2C1(C)C. The summed E-state index contributed by atoms with van der Waals surface area (Å²) >= 11 is 1.85. The van der Waals surface area contributed by atoms with E-state index in [2.05, 4.69) is 177 Å². The number of hydrogen-bond donors (Lipinski definition) is 0. The molecule has 0 unspecified atom stereocenters. The number of hydrogen-bond acceptors (Lipinski definition) is 5. The molecule has 0 atom stereocenters. The van der Waals surface area contributed by atoms with E-state index < -0.39 is 5.54 Å². The number of anilines is 2. The van der Waals surface area contributed by atoms with Crippen molar-refractivity contribution in [3.8, 4) is 33.5 Å². The number of benzene rings is 6. The molecular formula is C45H35N5S. The van der Waals surface area contributed by atoms with E-state index in [-0.39, 0.29) is 5.54 Å². The average molecular weight is 678 g/mol. The Kier molecular flexibility index (Phi) is 6.37. The molecule has 6 heteroatoms. The predicted octanol–water partition coefficient (Wildman–Crippen LogP) is 12.0. The van der Waals surface area contributed by atoms with Crippen molar-refractivity contribution in [1.82, 2.24) is 19.5 Å². The van der Waals surface area contributed by atoms with Crippen LogP contribution in [0.15, 0.2) is 140 Å². The summed E-state index contributed by atoms with van der Waals surface area (Å²) in [7, 11) is 0. The van der Waals surface area contributed by atoms with Gasteiger partial charge in [-0.2, -0.15) is 0 Å². The molecule has 5 nitrogen and oxygen atoms in total. The molecule has 1 aliphatic rings. The molecule has 0 bridgehead atoms. The smallest absolute Gasteiger partial charge is 0.234 e. The number of thiophene rings is 1. The predicted molar refractivity (Wildman–Crippen MR) is 214 cm³/mol.